The highest BCUT2D eigenvalue weighted by Crippen LogP contribution is 2.34. The number of nitrogens with one attached hydrogen (secondary N) is 1. The Kier molecular flexibility index (Phi) is 5.64. The summed E-state index contributed by atoms with van der Waals surface area (Å²) >= 11 is 0. The van der Waals surface area contributed by atoms with Crippen LogP contribution in [0.1, 0.15) is 22.3 Å². The van der Waals surface area contributed by atoms with E-state index in [2.05, 4.69) is 11.1 Å². The van der Waals surface area contributed by atoms with Crippen molar-refractivity contribution in [1.29, 1.82) is 0 Å². The molecule has 0 radical (unpaired) electrons. The number of aromatic amines is 1. The van der Waals surface area contributed by atoms with Gasteiger partial charge in [-0.2, -0.15) is 0 Å². The highest BCUT2D eigenvalue weighted by molar-refractivity contribution is 5.98. The molecule has 3 heterocycles. The molecule has 2 aliphatic heterocycles. The van der Waals surface area contributed by atoms with Crippen LogP contribution in [-0.4, -0.2) is 66.1 Å². The first-order valence-corrected chi connectivity index (χ1v) is 11.1. The molecule has 7 nitrogen and oxygen atoms in total. The largest absolute Gasteiger partial charge is 0.497 e. The fourth-order valence-corrected chi connectivity index (χ4v) is 4.75. The predicted octanol–water partition coefficient (Wildman–Crippen LogP) is 3.37. The van der Waals surface area contributed by atoms with Gasteiger partial charge in [-0.15, -0.1) is 0 Å². The van der Waals surface area contributed by atoms with E-state index in [0.29, 0.717) is 25.2 Å². The second kappa shape index (κ2) is 8.75. The smallest absolute Gasteiger partial charge is 0.255 e. The summed E-state index contributed by atoms with van der Waals surface area (Å²) in [6.45, 7) is 1.66. The molecular weight excluding hydrogens is 418 g/mol. The lowest BCUT2D eigenvalue weighted by molar-refractivity contribution is -0.168. The predicted molar refractivity (Wildman–Crippen MR) is 125 cm³/mol. The molecule has 1 N–H and O–H groups in total. The van der Waals surface area contributed by atoms with E-state index in [1.807, 2.05) is 64.5 Å². The van der Waals surface area contributed by atoms with Gasteiger partial charge >= 0.3 is 0 Å². The molecule has 2 aliphatic rings. The van der Waals surface area contributed by atoms with Gasteiger partial charge in [0.2, 0.25) is 0 Å². The monoisotopic (exact) mass is 445 g/mol. The summed E-state index contributed by atoms with van der Waals surface area (Å²) in [5.74, 6) is 0.810. The minimum atomic E-state index is -0.465. The van der Waals surface area contributed by atoms with Crippen molar-refractivity contribution in [2.24, 2.45) is 0 Å². The molecule has 0 spiro atoms. The van der Waals surface area contributed by atoms with Gasteiger partial charge in [0.05, 0.1) is 13.2 Å². The van der Waals surface area contributed by atoms with Gasteiger partial charge in [-0.25, -0.2) is 0 Å². The van der Waals surface area contributed by atoms with Crippen LogP contribution in [0.15, 0.2) is 66.4 Å². The summed E-state index contributed by atoms with van der Waals surface area (Å²) in [6, 6.07) is 15.3. The number of ether oxygens (including phenoxy) is 2. The maximum Gasteiger partial charge on any atom is 0.255 e. The van der Waals surface area contributed by atoms with Crippen molar-refractivity contribution in [2.45, 2.75) is 25.1 Å². The van der Waals surface area contributed by atoms with E-state index in [9.17, 15) is 9.59 Å². The lowest BCUT2D eigenvalue weighted by Crippen LogP contribution is -2.66. The normalized spacial score (nSPS) is 20.5. The van der Waals surface area contributed by atoms with Crippen LogP contribution in [0.25, 0.3) is 10.9 Å². The number of fused-ring (bicyclic) bond motifs is 1. The summed E-state index contributed by atoms with van der Waals surface area (Å²) in [6.07, 6.45) is 4.21. The number of carbonyl (C=O) groups is 2. The Bertz CT molecular complexity index is 1210. The third-order valence-electron chi connectivity index (χ3n) is 6.63. The molecule has 2 atom stereocenters. The van der Waals surface area contributed by atoms with E-state index in [1.165, 1.54) is 0 Å². The lowest BCUT2D eigenvalue weighted by Gasteiger charge is -2.48. The fraction of sp³-hybridized carbons (Fsp3) is 0.308. The van der Waals surface area contributed by atoms with Crippen LogP contribution >= 0.6 is 0 Å². The number of methoxy groups -OCH3 is 2. The number of carbonyl (C=O) groups excluding carboxylic acids is 2. The summed E-state index contributed by atoms with van der Waals surface area (Å²) in [4.78, 5) is 32.6. The van der Waals surface area contributed by atoms with Gasteiger partial charge in [-0.05, 0) is 54.0 Å². The Morgan fingerprint density at radius 3 is 2.64 bits per heavy atom. The van der Waals surface area contributed by atoms with Crippen molar-refractivity contribution < 1.29 is 19.1 Å². The number of likely N-dealkylation sites (tertiary alicyclic amines) is 1. The number of hydrogen-bond donors (Lipinski definition) is 1. The minimum absolute atomic E-state index is 0.00229. The molecule has 33 heavy (non-hydrogen) atoms. The van der Waals surface area contributed by atoms with Gasteiger partial charge in [0, 0.05) is 49.4 Å². The molecule has 5 rings (SSSR count). The molecule has 1 saturated heterocycles. The maximum atomic E-state index is 13.0. The maximum absolute atomic E-state index is 13.0. The Labute approximate surface area is 192 Å². The number of rotatable bonds is 6. The molecule has 0 saturated carbocycles. The number of hydrogen-bond acceptors (Lipinski definition) is 4. The van der Waals surface area contributed by atoms with Crippen LogP contribution in [0.4, 0.5) is 0 Å². The molecule has 3 aromatic rings. The second-order valence-corrected chi connectivity index (χ2v) is 8.48. The van der Waals surface area contributed by atoms with Crippen LogP contribution < -0.4 is 4.74 Å². The van der Waals surface area contributed by atoms with E-state index in [-0.39, 0.29) is 17.9 Å². The molecule has 1 aromatic heterocycles. The molecule has 7 heteroatoms. The van der Waals surface area contributed by atoms with Crippen molar-refractivity contribution in [1.82, 2.24) is 14.8 Å². The minimum Gasteiger partial charge on any atom is -0.497 e. The van der Waals surface area contributed by atoms with E-state index >= 15 is 0 Å². The van der Waals surface area contributed by atoms with Crippen molar-refractivity contribution >= 4 is 22.7 Å². The first-order chi connectivity index (χ1) is 16.1. The fourth-order valence-electron chi connectivity index (χ4n) is 4.75. The average Bonchev–Trinajstić information content (AvgIpc) is 3.33. The number of nitrogens with zero attached hydrogens (tertiary/aromatic N) is 2. The molecule has 2 aromatic carbocycles. The molecule has 1 fully saturated rings. The number of amides is 2. The SMILES string of the molecule is COc1ccc(CN2C(=O)C(OC)C2C2=CCN(C(=O)c3ccc4[nH]ccc4c3)CC2)cc1. The third kappa shape index (κ3) is 3.89. The summed E-state index contributed by atoms with van der Waals surface area (Å²) in [7, 11) is 3.21. The van der Waals surface area contributed by atoms with Gasteiger partial charge < -0.3 is 24.3 Å². The van der Waals surface area contributed by atoms with E-state index in [4.69, 9.17) is 9.47 Å². The van der Waals surface area contributed by atoms with Gasteiger partial charge in [-0.3, -0.25) is 9.59 Å². The Balaban J connectivity index is 1.29. The first kappa shape index (κ1) is 21.3. The van der Waals surface area contributed by atoms with Crippen LogP contribution in [0.2, 0.25) is 0 Å². The summed E-state index contributed by atoms with van der Waals surface area (Å²) in [5.41, 5.74) is 3.90. The van der Waals surface area contributed by atoms with Crippen LogP contribution in [0, 0.1) is 0 Å². The number of H-pyrrole nitrogens is 1. The zero-order valence-electron chi connectivity index (χ0n) is 18.8. The van der Waals surface area contributed by atoms with Crippen molar-refractivity contribution in [2.75, 3.05) is 27.3 Å². The molecule has 0 aliphatic carbocycles. The Morgan fingerprint density at radius 2 is 1.94 bits per heavy atom. The van der Waals surface area contributed by atoms with Gasteiger partial charge in [0.15, 0.2) is 6.10 Å². The molecule has 2 unspecified atom stereocenters. The van der Waals surface area contributed by atoms with Gasteiger partial charge in [-0.1, -0.05) is 18.2 Å². The van der Waals surface area contributed by atoms with Crippen LogP contribution in [-0.2, 0) is 16.1 Å². The molecule has 2 amide bonds. The summed E-state index contributed by atoms with van der Waals surface area (Å²) in [5, 5.41) is 1.03. The zero-order chi connectivity index (χ0) is 22.9. The molecular formula is C26H27N3O4. The van der Waals surface area contributed by atoms with Crippen LogP contribution in [0.3, 0.4) is 0 Å². The number of β-lactam (4-membered cyclic amide) rings is 1. The average molecular weight is 446 g/mol. The topological polar surface area (TPSA) is 74.9 Å². The van der Waals surface area contributed by atoms with Crippen molar-refractivity contribution in [3.63, 3.8) is 0 Å². The summed E-state index contributed by atoms with van der Waals surface area (Å²) < 4.78 is 10.7. The number of aromatic nitrogens is 1. The molecule has 0 bridgehead atoms. The lowest BCUT2D eigenvalue weighted by atomic mass is 9.86. The third-order valence-corrected chi connectivity index (χ3v) is 6.63. The quantitative estimate of drug-likeness (QED) is 0.466. The highest BCUT2D eigenvalue weighted by Gasteiger charge is 2.49. The second-order valence-electron chi connectivity index (χ2n) is 8.48. The Hall–Kier alpha value is -3.58. The van der Waals surface area contributed by atoms with Gasteiger partial charge in [0.1, 0.15) is 5.75 Å². The van der Waals surface area contributed by atoms with Crippen molar-refractivity contribution in [3.05, 3.63) is 77.5 Å². The molecule has 170 valence electrons. The van der Waals surface area contributed by atoms with Crippen LogP contribution in [0.5, 0.6) is 5.75 Å². The van der Waals surface area contributed by atoms with E-state index in [0.717, 1.165) is 34.2 Å². The standard InChI is InChI=1S/C26H27N3O4/c1-32-21-6-3-17(4-7-21)16-29-23(24(33-2)26(29)31)18-10-13-28(14-11-18)25(30)20-5-8-22-19(15-20)9-12-27-22/h3-10,12,15,23-24,27H,11,13-14,16H2,1-2H3. The van der Waals surface area contributed by atoms with E-state index in [1.54, 1.807) is 14.2 Å². The zero-order valence-corrected chi connectivity index (χ0v) is 18.8. The van der Waals surface area contributed by atoms with Gasteiger partial charge in [0.25, 0.3) is 11.8 Å². The Morgan fingerprint density at radius 1 is 1.12 bits per heavy atom. The number of benzene rings is 2. The highest BCUT2D eigenvalue weighted by atomic mass is 16.5. The van der Waals surface area contributed by atoms with Crippen molar-refractivity contribution in [3.8, 4) is 5.75 Å². The van der Waals surface area contributed by atoms with E-state index < -0.39 is 6.10 Å². The first-order valence-electron chi connectivity index (χ1n) is 11.1.